The van der Waals surface area contributed by atoms with Gasteiger partial charge in [-0.3, -0.25) is 4.79 Å². The zero-order valence-electron chi connectivity index (χ0n) is 13.2. The Morgan fingerprint density at radius 2 is 1.79 bits per heavy atom. The summed E-state index contributed by atoms with van der Waals surface area (Å²) in [6.45, 7) is 12.8. The molecule has 0 radical (unpaired) electrons. The number of piperidine rings is 1. The molecule has 0 amide bonds. The van der Waals surface area contributed by atoms with E-state index in [1.54, 1.807) is 0 Å². The summed E-state index contributed by atoms with van der Waals surface area (Å²) in [6.07, 6.45) is 5.66. The lowest BCUT2D eigenvalue weighted by atomic mass is 9.68. The van der Waals surface area contributed by atoms with Gasteiger partial charge in [0, 0.05) is 18.9 Å². The van der Waals surface area contributed by atoms with Crippen molar-refractivity contribution in [2.24, 2.45) is 23.2 Å². The SMILES string of the molecule is CC1CCN(CC2CC(C(C)(C)C)CCC2=O)CC1. The monoisotopic (exact) mass is 265 g/mol. The Labute approximate surface area is 118 Å². The minimum Gasteiger partial charge on any atom is -0.303 e. The van der Waals surface area contributed by atoms with Gasteiger partial charge < -0.3 is 4.90 Å². The van der Waals surface area contributed by atoms with Crippen LogP contribution in [-0.2, 0) is 4.79 Å². The molecule has 2 unspecified atom stereocenters. The molecule has 2 atom stereocenters. The predicted octanol–water partition coefficient (Wildman–Crippen LogP) is 3.75. The summed E-state index contributed by atoms with van der Waals surface area (Å²) in [7, 11) is 0. The second kappa shape index (κ2) is 5.95. The molecule has 2 nitrogen and oxygen atoms in total. The molecule has 110 valence electrons. The van der Waals surface area contributed by atoms with Crippen LogP contribution in [-0.4, -0.2) is 30.3 Å². The molecule has 2 fully saturated rings. The summed E-state index contributed by atoms with van der Waals surface area (Å²) in [4.78, 5) is 14.7. The highest BCUT2D eigenvalue weighted by atomic mass is 16.1. The number of carbonyl (C=O) groups is 1. The van der Waals surface area contributed by atoms with E-state index in [9.17, 15) is 4.79 Å². The van der Waals surface area contributed by atoms with Gasteiger partial charge in [0.05, 0.1) is 0 Å². The van der Waals surface area contributed by atoms with E-state index in [0.29, 0.717) is 17.1 Å². The van der Waals surface area contributed by atoms with Crippen molar-refractivity contribution in [3.8, 4) is 0 Å². The topological polar surface area (TPSA) is 20.3 Å². The molecule has 1 saturated heterocycles. The van der Waals surface area contributed by atoms with E-state index in [1.165, 1.54) is 25.9 Å². The van der Waals surface area contributed by atoms with Gasteiger partial charge in [0.25, 0.3) is 0 Å². The molecule has 1 heterocycles. The van der Waals surface area contributed by atoms with E-state index in [0.717, 1.165) is 37.6 Å². The number of rotatable bonds is 2. The van der Waals surface area contributed by atoms with Crippen LogP contribution >= 0.6 is 0 Å². The Morgan fingerprint density at radius 1 is 1.16 bits per heavy atom. The highest BCUT2D eigenvalue weighted by molar-refractivity contribution is 5.82. The molecular formula is C17H31NO. The third-order valence-electron chi connectivity index (χ3n) is 5.34. The summed E-state index contributed by atoms with van der Waals surface area (Å²) in [5, 5.41) is 0. The number of nitrogens with zero attached hydrogens (tertiary/aromatic N) is 1. The maximum Gasteiger partial charge on any atom is 0.137 e. The fourth-order valence-corrected chi connectivity index (χ4v) is 3.63. The Hall–Kier alpha value is -0.370. The van der Waals surface area contributed by atoms with E-state index in [4.69, 9.17) is 0 Å². The van der Waals surface area contributed by atoms with Gasteiger partial charge in [-0.1, -0.05) is 27.7 Å². The minimum absolute atomic E-state index is 0.311. The molecule has 2 aliphatic rings. The van der Waals surface area contributed by atoms with Gasteiger partial charge in [0.2, 0.25) is 0 Å². The van der Waals surface area contributed by atoms with Crippen LogP contribution in [0.25, 0.3) is 0 Å². The number of ketones is 1. The molecule has 0 bridgehead atoms. The van der Waals surface area contributed by atoms with Gasteiger partial charge in [0.1, 0.15) is 5.78 Å². The zero-order valence-corrected chi connectivity index (χ0v) is 13.2. The molecule has 1 aliphatic heterocycles. The van der Waals surface area contributed by atoms with Crippen molar-refractivity contribution in [3.63, 3.8) is 0 Å². The lowest BCUT2D eigenvalue weighted by Crippen LogP contribution is -2.42. The summed E-state index contributed by atoms with van der Waals surface area (Å²) >= 11 is 0. The van der Waals surface area contributed by atoms with Gasteiger partial charge in [-0.15, -0.1) is 0 Å². The van der Waals surface area contributed by atoms with Crippen molar-refractivity contribution in [2.45, 2.75) is 59.8 Å². The van der Waals surface area contributed by atoms with Crippen LogP contribution < -0.4 is 0 Å². The Bertz CT molecular complexity index is 310. The first-order valence-corrected chi connectivity index (χ1v) is 8.11. The maximum absolute atomic E-state index is 12.2. The van der Waals surface area contributed by atoms with E-state index in [2.05, 4.69) is 32.6 Å². The van der Waals surface area contributed by atoms with Crippen LogP contribution in [0, 0.1) is 23.2 Å². The summed E-state index contributed by atoms with van der Waals surface area (Å²) in [5.41, 5.74) is 0.357. The second-order valence-corrected chi connectivity index (χ2v) is 7.98. The molecule has 2 heteroatoms. The molecule has 0 spiro atoms. The van der Waals surface area contributed by atoms with Gasteiger partial charge in [-0.2, -0.15) is 0 Å². The van der Waals surface area contributed by atoms with Crippen molar-refractivity contribution in [2.75, 3.05) is 19.6 Å². The molecule has 1 saturated carbocycles. The van der Waals surface area contributed by atoms with E-state index in [-0.39, 0.29) is 0 Å². The molecule has 19 heavy (non-hydrogen) atoms. The number of likely N-dealkylation sites (tertiary alicyclic amines) is 1. The Morgan fingerprint density at radius 3 is 2.37 bits per heavy atom. The first-order valence-electron chi connectivity index (χ1n) is 8.11. The molecule has 0 N–H and O–H groups in total. The fraction of sp³-hybridized carbons (Fsp3) is 0.941. The molecule has 0 aromatic rings. The van der Waals surface area contributed by atoms with Crippen LogP contribution in [0.15, 0.2) is 0 Å². The number of hydrogen-bond donors (Lipinski definition) is 0. The highest BCUT2D eigenvalue weighted by Gasteiger charge is 2.35. The second-order valence-electron chi connectivity index (χ2n) is 7.98. The summed E-state index contributed by atoms with van der Waals surface area (Å²) < 4.78 is 0. The first-order chi connectivity index (χ1) is 8.86. The largest absolute Gasteiger partial charge is 0.303 e. The molecule has 0 aromatic carbocycles. The zero-order chi connectivity index (χ0) is 14.0. The quantitative estimate of drug-likeness (QED) is 0.758. The van der Waals surface area contributed by atoms with Crippen LogP contribution in [0.3, 0.4) is 0 Å². The standard InChI is InChI=1S/C17H31NO/c1-13-7-9-18(10-8-13)12-14-11-15(17(2,3)4)5-6-16(14)19/h13-15H,5-12H2,1-4H3. The predicted molar refractivity (Wildman–Crippen MR) is 80.1 cm³/mol. The average Bonchev–Trinajstić information content (AvgIpc) is 2.33. The van der Waals surface area contributed by atoms with Crippen molar-refractivity contribution >= 4 is 5.78 Å². The van der Waals surface area contributed by atoms with E-state index in [1.807, 2.05) is 0 Å². The molecule has 1 aliphatic carbocycles. The average molecular weight is 265 g/mol. The van der Waals surface area contributed by atoms with Gasteiger partial charge >= 0.3 is 0 Å². The van der Waals surface area contributed by atoms with Crippen LogP contribution in [0.5, 0.6) is 0 Å². The smallest absolute Gasteiger partial charge is 0.137 e. The molecule has 2 rings (SSSR count). The Balaban J connectivity index is 1.89. The lowest BCUT2D eigenvalue weighted by Gasteiger charge is -2.39. The Kier molecular flexibility index (Phi) is 4.70. The van der Waals surface area contributed by atoms with Crippen molar-refractivity contribution in [1.82, 2.24) is 4.90 Å². The third-order valence-corrected chi connectivity index (χ3v) is 5.34. The van der Waals surface area contributed by atoms with Crippen LogP contribution in [0.4, 0.5) is 0 Å². The van der Waals surface area contributed by atoms with Crippen LogP contribution in [0.1, 0.15) is 59.8 Å². The van der Waals surface area contributed by atoms with Crippen molar-refractivity contribution < 1.29 is 4.79 Å². The number of hydrogen-bond acceptors (Lipinski definition) is 2. The summed E-state index contributed by atoms with van der Waals surface area (Å²) in [5.74, 6) is 2.44. The van der Waals surface area contributed by atoms with Crippen LogP contribution in [0.2, 0.25) is 0 Å². The van der Waals surface area contributed by atoms with Gasteiger partial charge in [-0.25, -0.2) is 0 Å². The third kappa shape index (κ3) is 4.05. The molecular weight excluding hydrogens is 234 g/mol. The molecule has 0 aromatic heterocycles. The van der Waals surface area contributed by atoms with Gasteiger partial charge in [-0.05, 0) is 56.0 Å². The van der Waals surface area contributed by atoms with Gasteiger partial charge in [0.15, 0.2) is 0 Å². The maximum atomic E-state index is 12.2. The highest BCUT2D eigenvalue weighted by Crippen LogP contribution is 2.39. The first kappa shape index (κ1) is 15.0. The fourth-order valence-electron chi connectivity index (χ4n) is 3.63. The number of Topliss-reactive ketones (excluding diaryl/α,β-unsaturated/α-hetero) is 1. The normalized spacial score (nSPS) is 31.7. The van der Waals surface area contributed by atoms with E-state index < -0.39 is 0 Å². The van der Waals surface area contributed by atoms with E-state index >= 15 is 0 Å². The minimum atomic E-state index is 0.311. The van der Waals surface area contributed by atoms with Crippen molar-refractivity contribution in [3.05, 3.63) is 0 Å². The summed E-state index contributed by atoms with van der Waals surface area (Å²) in [6, 6.07) is 0. The number of carbonyl (C=O) groups excluding carboxylic acids is 1. The van der Waals surface area contributed by atoms with Crippen molar-refractivity contribution in [1.29, 1.82) is 0 Å². The lowest BCUT2D eigenvalue weighted by molar-refractivity contribution is -0.127.